The molecule has 0 spiro atoms. The largest absolute Gasteiger partial charge is 0.115 e. The first-order chi connectivity index (χ1) is 13.7. The van der Waals surface area contributed by atoms with Gasteiger partial charge in [0.15, 0.2) is 0 Å². The second-order valence-corrected chi connectivity index (χ2v) is 11.4. The van der Waals surface area contributed by atoms with Crippen LogP contribution in [-0.4, -0.2) is 5.66 Å². The van der Waals surface area contributed by atoms with Gasteiger partial charge in [0.2, 0.25) is 0 Å². The molecule has 0 unspecified atom stereocenters. The van der Waals surface area contributed by atoms with Gasteiger partial charge in [-0.2, -0.15) is 0 Å². The van der Waals surface area contributed by atoms with Crippen molar-refractivity contribution in [3.63, 3.8) is 0 Å². The van der Waals surface area contributed by atoms with Gasteiger partial charge in [0.05, 0.1) is 5.66 Å². The predicted octanol–water partition coefficient (Wildman–Crippen LogP) is 6.06. The normalized spacial score (nSPS) is 11.5. The third-order valence-corrected chi connectivity index (χ3v) is 10.4. The van der Waals surface area contributed by atoms with Crippen LogP contribution in [0, 0.1) is 0 Å². The molecule has 0 atom stereocenters. The summed E-state index contributed by atoms with van der Waals surface area (Å²) >= 11 is 0. The van der Waals surface area contributed by atoms with Crippen LogP contribution in [0.4, 0.5) is 0 Å². The van der Waals surface area contributed by atoms with Crippen molar-refractivity contribution < 1.29 is 0 Å². The molecule has 0 fully saturated rings. The van der Waals surface area contributed by atoms with E-state index in [1.165, 1.54) is 27.0 Å². The fraction of sp³-hybridized carbons (Fsp3) is 0.111. The summed E-state index contributed by atoms with van der Waals surface area (Å²) in [5.41, 5.74) is 3.12. The summed E-state index contributed by atoms with van der Waals surface area (Å²) in [5.74, 6) is 0. The molecule has 0 heterocycles. The summed E-state index contributed by atoms with van der Waals surface area (Å²) in [7, 11) is -1.83. The van der Waals surface area contributed by atoms with Crippen LogP contribution in [0.2, 0.25) is 0 Å². The smallest absolute Gasteiger partial charge is 0.0622 e. The second-order valence-electron chi connectivity index (χ2n) is 7.37. The second kappa shape index (κ2) is 8.13. The lowest BCUT2D eigenvalue weighted by molar-refractivity contribution is 1.09. The van der Waals surface area contributed by atoms with Gasteiger partial charge in [-0.25, -0.2) is 0 Å². The van der Waals surface area contributed by atoms with Crippen LogP contribution in [0.25, 0.3) is 11.1 Å². The molecule has 0 bridgehead atoms. The van der Waals surface area contributed by atoms with Crippen molar-refractivity contribution in [2.45, 2.75) is 19.5 Å². The molecule has 1 heteroatoms. The van der Waals surface area contributed by atoms with Crippen molar-refractivity contribution >= 4 is 23.2 Å². The van der Waals surface area contributed by atoms with Crippen LogP contribution in [0.1, 0.15) is 13.8 Å². The number of hydrogen-bond donors (Lipinski definition) is 0. The maximum Gasteiger partial charge on any atom is 0.115 e. The molecule has 0 aliphatic rings. The summed E-state index contributed by atoms with van der Waals surface area (Å²) < 4.78 is 0. The monoisotopic (exact) mass is 381 g/mol. The molecule has 0 aliphatic heterocycles. The number of benzene rings is 4. The van der Waals surface area contributed by atoms with Gasteiger partial charge >= 0.3 is 0 Å². The Kier molecular flexibility index (Phi) is 5.42. The molecule has 4 aromatic carbocycles. The zero-order valence-electron chi connectivity index (χ0n) is 16.5. The van der Waals surface area contributed by atoms with E-state index in [0.717, 1.165) is 0 Å². The maximum absolute atomic E-state index is 2.38. The number of rotatable bonds is 5. The summed E-state index contributed by atoms with van der Waals surface area (Å²) in [4.78, 5) is 0. The molecule has 0 saturated heterocycles. The van der Waals surface area contributed by atoms with E-state index in [1.54, 1.807) is 0 Å². The Balaban J connectivity index is 2.09. The molecule has 4 rings (SSSR count). The Labute approximate surface area is 169 Å². The van der Waals surface area contributed by atoms with E-state index in [1.807, 2.05) is 0 Å². The molecule has 0 nitrogen and oxygen atoms in total. The summed E-state index contributed by atoms with van der Waals surface area (Å²) in [5, 5.41) is 4.35. The third-order valence-electron chi connectivity index (χ3n) is 5.47. The summed E-state index contributed by atoms with van der Waals surface area (Å²) in [6.45, 7) is 4.77. The van der Waals surface area contributed by atoms with Gasteiger partial charge in [0.1, 0.15) is 23.2 Å². The average Bonchev–Trinajstić information content (AvgIpc) is 2.77. The lowest BCUT2D eigenvalue weighted by Crippen LogP contribution is -2.37. The van der Waals surface area contributed by atoms with E-state index in [2.05, 4.69) is 129 Å². The van der Waals surface area contributed by atoms with Crippen molar-refractivity contribution in [1.29, 1.82) is 0 Å². The van der Waals surface area contributed by atoms with Gasteiger partial charge in [0, 0.05) is 5.56 Å². The van der Waals surface area contributed by atoms with Crippen molar-refractivity contribution in [1.82, 2.24) is 0 Å². The standard InChI is InChI=1S/C27H26P/c1-22(2)28(24-16-8-4-9-17-24,25-18-10-5-11-19-25)27-21-13-12-20-26(27)23-14-6-3-7-15-23/h3-22H,1-2H3/q+1. The van der Waals surface area contributed by atoms with Crippen molar-refractivity contribution in [3.8, 4) is 11.1 Å². The molecule has 0 aromatic heterocycles. The van der Waals surface area contributed by atoms with Crippen molar-refractivity contribution in [2.75, 3.05) is 0 Å². The van der Waals surface area contributed by atoms with Gasteiger partial charge in [-0.15, -0.1) is 0 Å². The van der Waals surface area contributed by atoms with Crippen molar-refractivity contribution in [2.24, 2.45) is 0 Å². The minimum Gasteiger partial charge on any atom is -0.0622 e. The van der Waals surface area contributed by atoms with Gasteiger partial charge in [0.25, 0.3) is 0 Å². The molecule has 138 valence electrons. The van der Waals surface area contributed by atoms with Gasteiger partial charge < -0.3 is 0 Å². The van der Waals surface area contributed by atoms with E-state index in [9.17, 15) is 0 Å². The van der Waals surface area contributed by atoms with E-state index in [-0.39, 0.29) is 0 Å². The van der Waals surface area contributed by atoms with Crippen LogP contribution in [0.5, 0.6) is 0 Å². The molecule has 0 N–H and O–H groups in total. The topological polar surface area (TPSA) is 0 Å². The SMILES string of the molecule is CC(C)[P+](c1ccccc1)(c1ccccc1)c1ccccc1-c1ccccc1. The van der Waals surface area contributed by atoms with Crippen LogP contribution in [0.3, 0.4) is 0 Å². The Morgan fingerprint density at radius 2 is 0.929 bits per heavy atom. The first kappa shape index (κ1) is 18.7. The van der Waals surface area contributed by atoms with Crippen LogP contribution in [-0.2, 0) is 0 Å². The minimum absolute atomic E-state index is 0.488. The first-order valence-corrected chi connectivity index (χ1v) is 11.8. The minimum atomic E-state index is -1.83. The lowest BCUT2D eigenvalue weighted by atomic mass is 10.1. The fourth-order valence-corrected chi connectivity index (χ4v) is 9.06. The molecule has 0 saturated carbocycles. The molecule has 0 amide bonds. The Morgan fingerprint density at radius 1 is 0.500 bits per heavy atom. The Bertz CT molecular complexity index is 982. The fourth-order valence-electron chi connectivity index (χ4n) is 4.27. The molecule has 28 heavy (non-hydrogen) atoms. The Hall–Kier alpha value is -2.69. The molecule has 0 aliphatic carbocycles. The van der Waals surface area contributed by atoms with Gasteiger partial charge in [-0.05, 0) is 49.7 Å². The van der Waals surface area contributed by atoms with E-state index in [4.69, 9.17) is 0 Å². The van der Waals surface area contributed by atoms with Crippen molar-refractivity contribution in [3.05, 3.63) is 115 Å². The zero-order chi connectivity index (χ0) is 19.4. The lowest BCUT2D eigenvalue weighted by Gasteiger charge is -2.32. The third kappa shape index (κ3) is 3.19. The van der Waals surface area contributed by atoms with Crippen LogP contribution in [0.15, 0.2) is 115 Å². The molecular weight excluding hydrogens is 355 g/mol. The average molecular weight is 381 g/mol. The summed E-state index contributed by atoms with van der Waals surface area (Å²) in [6.07, 6.45) is 0. The highest BCUT2D eigenvalue weighted by atomic mass is 31.2. The van der Waals surface area contributed by atoms with Crippen LogP contribution >= 0.6 is 7.26 Å². The van der Waals surface area contributed by atoms with E-state index < -0.39 is 7.26 Å². The molecule has 0 radical (unpaired) electrons. The molecular formula is C27H26P+. The highest BCUT2D eigenvalue weighted by Crippen LogP contribution is 2.60. The van der Waals surface area contributed by atoms with Crippen LogP contribution < -0.4 is 15.9 Å². The maximum atomic E-state index is 2.38. The van der Waals surface area contributed by atoms with E-state index in [0.29, 0.717) is 5.66 Å². The zero-order valence-corrected chi connectivity index (χ0v) is 17.4. The first-order valence-electron chi connectivity index (χ1n) is 9.89. The highest BCUT2D eigenvalue weighted by Gasteiger charge is 2.49. The molecule has 4 aromatic rings. The summed E-state index contributed by atoms with van der Waals surface area (Å²) in [6, 6.07) is 42.1. The van der Waals surface area contributed by atoms with Gasteiger partial charge in [-0.1, -0.05) is 84.9 Å². The Morgan fingerprint density at radius 3 is 1.43 bits per heavy atom. The van der Waals surface area contributed by atoms with Gasteiger partial charge in [-0.3, -0.25) is 0 Å². The van der Waals surface area contributed by atoms with E-state index >= 15 is 0 Å². The quantitative estimate of drug-likeness (QED) is 0.369. The highest BCUT2D eigenvalue weighted by molar-refractivity contribution is 7.96. The predicted molar refractivity (Wildman–Crippen MR) is 126 cm³/mol. The number of hydrogen-bond acceptors (Lipinski definition) is 0.